The van der Waals surface area contributed by atoms with Gasteiger partial charge in [-0.05, 0) is 47.3 Å². The topological polar surface area (TPSA) is 34.1 Å². The normalized spacial score (nSPS) is 20.8. The number of benzene rings is 2. The second kappa shape index (κ2) is 6.18. The average molecular weight is 362 g/mol. The lowest BCUT2D eigenvalue weighted by molar-refractivity contribution is -0.0165. The Morgan fingerprint density at radius 1 is 1.08 bits per heavy atom. The van der Waals surface area contributed by atoms with Crippen LogP contribution in [-0.4, -0.2) is 17.8 Å². The lowest BCUT2D eigenvalue weighted by Gasteiger charge is -2.37. The van der Waals surface area contributed by atoms with E-state index in [-0.39, 0.29) is 12.3 Å². The van der Waals surface area contributed by atoms with Crippen molar-refractivity contribution < 1.29 is 9.47 Å². The molecule has 26 heavy (non-hydrogen) atoms. The van der Waals surface area contributed by atoms with E-state index in [4.69, 9.17) is 14.6 Å². The van der Waals surface area contributed by atoms with Gasteiger partial charge in [0.2, 0.25) is 6.23 Å². The molecule has 0 radical (unpaired) electrons. The highest BCUT2D eigenvalue weighted by molar-refractivity contribution is 7.10. The fraction of sp³-hybridized carbons (Fsp3) is 0.190. The first kappa shape index (κ1) is 15.5. The third kappa shape index (κ3) is 2.47. The van der Waals surface area contributed by atoms with Gasteiger partial charge in [-0.1, -0.05) is 24.3 Å². The summed E-state index contributed by atoms with van der Waals surface area (Å²) in [6.07, 6.45) is 0.694. The number of nitrogens with zero attached hydrogens (tertiary/aromatic N) is 2. The van der Waals surface area contributed by atoms with E-state index in [1.807, 2.05) is 18.2 Å². The van der Waals surface area contributed by atoms with Crippen molar-refractivity contribution in [2.75, 3.05) is 7.11 Å². The lowest BCUT2D eigenvalue weighted by Crippen LogP contribution is -2.33. The van der Waals surface area contributed by atoms with E-state index in [9.17, 15) is 0 Å². The Kier molecular flexibility index (Phi) is 3.68. The minimum absolute atomic E-state index is 0.175. The molecule has 0 amide bonds. The van der Waals surface area contributed by atoms with Crippen molar-refractivity contribution >= 4 is 17.0 Å². The van der Waals surface area contributed by atoms with E-state index >= 15 is 0 Å². The summed E-state index contributed by atoms with van der Waals surface area (Å²) in [5, 5.41) is 9.16. The summed E-state index contributed by atoms with van der Waals surface area (Å²) >= 11 is 1.70. The standard InChI is InChI=1S/C21H18N2O2S/c1-24-15-10-8-14(9-11-15)17-13-18-16-5-2-3-6-19(16)25-21(23(18)22-17)20-7-4-12-26-20/h2-12,18,21H,13H2,1H3/t18-,21+/m0/s1. The van der Waals surface area contributed by atoms with Crippen LogP contribution < -0.4 is 9.47 Å². The van der Waals surface area contributed by atoms with Crippen LogP contribution in [0.5, 0.6) is 11.5 Å². The van der Waals surface area contributed by atoms with Gasteiger partial charge < -0.3 is 9.47 Å². The van der Waals surface area contributed by atoms with Gasteiger partial charge in [0.15, 0.2) is 0 Å². The molecule has 2 aliphatic heterocycles. The molecule has 0 N–H and O–H groups in total. The van der Waals surface area contributed by atoms with E-state index in [2.05, 4.69) is 52.9 Å². The Labute approximate surface area is 156 Å². The van der Waals surface area contributed by atoms with Gasteiger partial charge in [0.05, 0.1) is 23.7 Å². The van der Waals surface area contributed by atoms with Crippen molar-refractivity contribution in [3.8, 4) is 11.5 Å². The molecule has 130 valence electrons. The maximum atomic E-state index is 6.32. The minimum Gasteiger partial charge on any atom is -0.497 e. The molecule has 0 unspecified atom stereocenters. The summed E-state index contributed by atoms with van der Waals surface area (Å²) in [4.78, 5) is 1.17. The van der Waals surface area contributed by atoms with Gasteiger partial charge in [-0.3, -0.25) is 0 Å². The van der Waals surface area contributed by atoms with Crippen LogP contribution in [0.1, 0.15) is 34.7 Å². The number of methoxy groups -OCH3 is 1. The molecular weight excluding hydrogens is 344 g/mol. The van der Waals surface area contributed by atoms with Crippen molar-refractivity contribution in [1.82, 2.24) is 5.01 Å². The fourth-order valence-electron chi connectivity index (χ4n) is 3.61. The Morgan fingerprint density at radius 3 is 2.69 bits per heavy atom. The van der Waals surface area contributed by atoms with Crippen molar-refractivity contribution in [2.24, 2.45) is 5.10 Å². The van der Waals surface area contributed by atoms with Gasteiger partial charge in [0.25, 0.3) is 0 Å². The Morgan fingerprint density at radius 2 is 1.92 bits per heavy atom. The van der Waals surface area contributed by atoms with Crippen molar-refractivity contribution in [3.63, 3.8) is 0 Å². The van der Waals surface area contributed by atoms with Gasteiger partial charge >= 0.3 is 0 Å². The van der Waals surface area contributed by atoms with Crippen LogP contribution in [0.2, 0.25) is 0 Å². The summed E-state index contributed by atoms with van der Waals surface area (Å²) in [6.45, 7) is 0. The Hall–Kier alpha value is -2.79. The molecule has 0 aliphatic carbocycles. The predicted octanol–water partition coefficient (Wildman–Crippen LogP) is 5.00. The number of ether oxygens (including phenoxy) is 2. The zero-order valence-electron chi connectivity index (χ0n) is 14.3. The van der Waals surface area contributed by atoms with E-state index in [1.54, 1.807) is 18.4 Å². The molecule has 5 rings (SSSR count). The molecule has 2 aromatic carbocycles. The van der Waals surface area contributed by atoms with Gasteiger partial charge in [-0.2, -0.15) is 5.10 Å². The summed E-state index contributed by atoms with van der Waals surface area (Å²) in [5.41, 5.74) is 3.41. The summed E-state index contributed by atoms with van der Waals surface area (Å²) in [5.74, 6) is 1.81. The van der Waals surface area contributed by atoms with Gasteiger partial charge in [-0.15, -0.1) is 11.3 Å². The first-order valence-corrected chi connectivity index (χ1v) is 9.50. The number of para-hydroxylation sites is 1. The van der Waals surface area contributed by atoms with Crippen LogP contribution in [0, 0.1) is 0 Å². The number of hydrazone groups is 1. The zero-order valence-corrected chi connectivity index (χ0v) is 15.1. The molecule has 3 aromatic rings. The quantitative estimate of drug-likeness (QED) is 0.658. The van der Waals surface area contributed by atoms with E-state index in [1.165, 1.54) is 10.4 Å². The third-order valence-corrected chi connectivity index (χ3v) is 5.81. The second-order valence-electron chi connectivity index (χ2n) is 6.40. The van der Waals surface area contributed by atoms with E-state index < -0.39 is 0 Å². The number of thiophene rings is 1. The molecule has 3 heterocycles. The fourth-order valence-corrected chi connectivity index (χ4v) is 4.36. The molecular formula is C21H18N2O2S. The second-order valence-corrected chi connectivity index (χ2v) is 7.38. The summed E-state index contributed by atoms with van der Waals surface area (Å²) in [6, 6.07) is 20.8. The smallest absolute Gasteiger partial charge is 0.222 e. The number of hydrogen-bond donors (Lipinski definition) is 0. The SMILES string of the molecule is COc1ccc(C2=NN3[C@@H](c4cccs4)Oc4ccccc4[C@@H]3C2)cc1. The maximum absolute atomic E-state index is 6.32. The number of rotatable bonds is 3. The first-order chi connectivity index (χ1) is 12.8. The molecule has 5 heteroatoms. The highest BCUT2D eigenvalue weighted by atomic mass is 32.1. The van der Waals surface area contributed by atoms with Gasteiger partial charge in [0, 0.05) is 12.0 Å². The summed E-state index contributed by atoms with van der Waals surface area (Å²) < 4.78 is 11.6. The first-order valence-electron chi connectivity index (χ1n) is 8.63. The molecule has 1 aromatic heterocycles. The zero-order chi connectivity index (χ0) is 17.5. The average Bonchev–Trinajstić information content (AvgIpc) is 3.37. The predicted molar refractivity (Wildman–Crippen MR) is 103 cm³/mol. The Balaban J connectivity index is 1.56. The van der Waals surface area contributed by atoms with Crippen LogP contribution >= 0.6 is 11.3 Å². The number of fused-ring (bicyclic) bond motifs is 3. The van der Waals surface area contributed by atoms with Crippen LogP contribution in [0.4, 0.5) is 0 Å². The van der Waals surface area contributed by atoms with Crippen molar-refractivity contribution in [2.45, 2.75) is 18.7 Å². The molecule has 0 fully saturated rings. The molecule has 2 aliphatic rings. The molecule has 0 saturated heterocycles. The Bertz CT molecular complexity index is 950. The highest BCUT2D eigenvalue weighted by Crippen LogP contribution is 2.48. The third-order valence-electron chi connectivity index (χ3n) is 4.91. The monoisotopic (exact) mass is 362 g/mol. The van der Waals surface area contributed by atoms with Crippen molar-refractivity contribution in [1.29, 1.82) is 0 Å². The van der Waals surface area contributed by atoms with Crippen LogP contribution in [-0.2, 0) is 0 Å². The van der Waals surface area contributed by atoms with Gasteiger partial charge in [0.1, 0.15) is 11.5 Å². The minimum atomic E-state index is -0.175. The molecule has 2 atom stereocenters. The number of hydrogen-bond acceptors (Lipinski definition) is 5. The largest absolute Gasteiger partial charge is 0.497 e. The lowest BCUT2D eigenvalue weighted by atomic mass is 9.96. The van der Waals surface area contributed by atoms with Crippen LogP contribution in [0.15, 0.2) is 71.1 Å². The van der Waals surface area contributed by atoms with Crippen LogP contribution in [0.3, 0.4) is 0 Å². The van der Waals surface area contributed by atoms with Crippen LogP contribution in [0.25, 0.3) is 0 Å². The molecule has 0 bridgehead atoms. The van der Waals surface area contributed by atoms with Crippen molar-refractivity contribution in [3.05, 3.63) is 82.0 Å². The van der Waals surface area contributed by atoms with E-state index in [0.717, 1.165) is 29.2 Å². The highest BCUT2D eigenvalue weighted by Gasteiger charge is 2.41. The molecule has 0 spiro atoms. The molecule has 0 saturated carbocycles. The molecule has 4 nitrogen and oxygen atoms in total. The van der Waals surface area contributed by atoms with E-state index in [0.29, 0.717) is 0 Å². The summed E-state index contributed by atoms with van der Waals surface area (Å²) in [7, 11) is 1.68. The maximum Gasteiger partial charge on any atom is 0.222 e. The van der Waals surface area contributed by atoms with Gasteiger partial charge in [-0.25, -0.2) is 5.01 Å².